The van der Waals surface area contributed by atoms with E-state index in [9.17, 15) is 9.59 Å². The molecule has 0 bridgehead atoms. The minimum Gasteiger partial charge on any atom is -0.338 e. The molecule has 1 aromatic carbocycles. The van der Waals surface area contributed by atoms with Crippen LogP contribution in [0, 0.1) is 0 Å². The van der Waals surface area contributed by atoms with Crippen molar-refractivity contribution in [2.75, 3.05) is 32.7 Å². The van der Waals surface area contributed by atoms with Crippen molar-refractivity contribution in [3.05, 3.63) is 57.2 Å². The molecule has 1 aromatic heterocycles. The maximum atomic E-state index is 12.9. The van der Waals surface area contributed by atoms with E-state index in [1.165, 1.54) is 14.7 Å². The largest absolute Gasteiger partial charge is 0.338 e. The summed E-state index contributed by atoms with van der Waals surface area (Å²) in [4.78, 5) is 28.7. The first-order chi connectivity index (χ1) is 13.6. The molecule has 1 saturated heterocycles. The molecule has 3 amide bonds. The molecule has 1 aliphatic rings. The molecular weight excluding hydrogens is 396 g/mol. The summed E-state index contributed by atoms with van der Waals surface area (Å²) in [6.45, 7) is 6.97. The summed E-state index contributed by atoms with van der Waals surface area (Å²) in [6.07, 6.45) is 0. The molecule has 8 heteroatoms. The summed E-state index contributed by atoms with van der Waals surface area (Å²) in [7, 11) is 0. The fraction of sp³-hybridized carbons (Fsp3) is 0.400. The Morgan fingerprint density at radius 3 is 2.43 bits per heavy atom. The van der Waals surface area contributed by atoms with E-state index in [0.717, 1.165) is 42.6 Å². The lowest BCUT2D eigenvalue weighted by atomic mass is 10.0. The van der Waals surface area contributed by atoms with Crippen molar-refractivity contribution in [1.29, 1.82) is 0 Å². The van der Waals surface area contributed by atoms with E-state index in [4.69, 9.17) is 11.6 Å². The number of quaternary nitrogens is 2. The second-order valence-corrected chi connectivity index (χ2v) is 8.78. The van der Waals surface area contributed by atoms with Gasteiger partial charge in [0, 0.05) is 12.1 Å². The van der Waals surface area contributed by atoms with Crippen LogP contribution in [-0.4, -0.2) is 44.7 Å². The topological polar surface area (TPSA) is 67.1 Å². The highest BCUT2D eigenvalue weighted by Crippen LogP contribution is 2.20. The van der Waals surface area contributed by atoms with Crippen molar-refractivity contribution in [3.63, 3.8) is 0 Å². The van der Waals surface area contributed by atoms with Crippen molar-refractivity contribution in [1.82, 2.24) is 10.6 Å². The van der Waals surface area contributed by atoms with Gasteiger partial charge in [-0.1, -0.05) is 41.9 Å². The molecule has 4 N–H and O–H groups in total. The lowest BCUT2D eigenvalue weighted by Gasteiger charge is -2.33. The number of carbonyl (C=O) groups is 2. The summed E-state index contributed by atoms with van der Waals surface area (Å²) in [5.74, 6) is -0.249. The number of hydrogen-bond acceptors (Lipinski definition) is 3. The van der Waals surface area contributed by atoms with Crippen molar-refractivity contribution < 1.29 is 19.4 Å². The molecule has 2 aromatic rings. The minimum absolute atomic E-state index is 0.249. The Hall–Kier alpha value is -1.93. The first-order valence-electron chi connectivity index (χ1n) is 9.62. The average molecular weight is 423 g/mol. The van der Waals surface area contributed by atoms with Gasteiger partial charge in [0.1, 0.15) is 32.7 Å². The average Bonchev–Trinajstić information content (AvgIpc) is 3.09. The number of amides is 3. The second kappa shape index (κ2) is 10.0. The predicted octanol–water partition coefficient (Wildman–Crippen LogP) is 0.272. The lowest BCUT2D eigenvalue weighted by molar-refractivity contribution is -1.03. The van der Waals surface area contributed by atoms with Gasteiger partial charge in [0.2, 0.25) is 0 Å². The lowest BCUT2D eigenvalue weighted by Crippen LogP contribution is -3.28. The third kappa shape index (κ3) is 5.54. The van der Waals surface area contributed by atoms with Gasteiger partial charge in [0.25, 0.3) is 5.91 Å². The van der Waals surface area contributed by atoms with Crippen LogP contribution in [-0.2, 0) is 11.3 Å². The SMILES string of the molecule is CCNC(=O)NC(=O)[C@H](c1ccccc1)[NH+]1CC[NH+](Cc2ccc(Cl)s2)CC1. The van der Waals surface area contributed by atoms with Gasteiger partial charge >= 0.3 is 6.03 Å². The van der Waals surface area contributed by atoms with Crippen LogP contribution < -0.4 is 20.4 Å². The summed E-state index contributed by atoms with van der Waals surface area (Å²) >= 11 is 7.67. The van der Waals surface area contributed by atoms with Crippen molar-refractivity contribution in [2.24, 2.45) is 0 Å². The zero-order chi connectivity index (χ0) is 19.9. The van der Waals surface area contributed by atoms with Gasteiger partial charge in [-0.25, -0.2) is 4.79 Å². The van der Waals surface area contributed by atoms with Crippen LogP contribution in [0.1, 0.15) is 23.4 Å². The van der Waals surface area contributed by atoms with E-state index in [1.807, 2.05) is 43.3 Å². The van der Waals surface area contributed by atoms with Crippen LogP contribution in [0.4, 0.5) is 4.79 Å². The van der Waals surface area contributed by atoms with Crippen LogP contribution in [0.3, 0.4) is 0 Å². The Morgan fingerprint density at radius 2 is 1.82 bits per heavy atom. The number of carbonyl (C=O) groups excluding carboxylic acids is 2. The van der Waals surface area contributed by atoms with Gasteiger partial charge in [0.15, 0.2) is 6.04 Å². The molecule has 28 heavy (non-hydrogen) atoms. The summed E-state index contributed by atoms with van der Waals surface area (Å²) in [6, 6.07) is 12.9. The number of imide groups is 1. The van der Waals surface area contributed by atoms with E-state index in [-0.39, 0.29) is 11.9 Å². The molecule has 0 spiro atoms. The first-order valence-corrected chi connectivity index (χ1v) is 10.8. The van der Waals surface area contributed by atoms with Crippen LogP contribution in [0.2, 0.25) is 4.34 Å². The van der Waals surface area contributed by atoms with Crippen molar-refractivity contribution in [3.8, 4) is 0 Å². The monoisotopic (exact) mass is 422 g/mol. The third-order valence-corrected chi connectivity index (χ3v) is 6.26. The van der Waals surface area contributed by atoms with Crippen LogP contribution in [0.25, 0.3) is 0 Å². The highest BCUT2D eigenvalue weighted by atomic mass is 35.5. The van der Waals surface area contributed by atoms with Gasteiger partial charge in [-0.05, 0) is 19.1 Å². The molecule has 1 fully saturated rings. The third-order valence-electron chi connectivity index (χ3n) is 5.03. The van der Waals surface area contributed by atoms with E-state index in [2.05, 4.69) is 16.7 Å². The Bertz CT molecular complexity index is 791. The van der Waals surface area contributed by atoms with Gasteiger partial charge < -0.3 is 15.1 Å². The molecule has 150 valence electrons. The number of nitrogens with one attached hydrogen (secondary N) is 4. The number of halogens is 1. The maximum Gasteiger partial charge on any atom is 0.321 e. The number of urea groups is 1. The standard InChI is InChI=1S/C20H25ClN4O2S/c1-2-22-20(27)23-19(26)18(15-6-4-3-5-7-15)25-12-10-24(11-13-25)14-16-8-9-17(21)28-16/h3-9,18H,2,10-14H2,1H3,(H2,22,23,26,27)/p+2/t18-/m0/s1. The maximum absolute atomic E-state index is 12.9. The van der Waals surface area contributed by atoms with Gasteiger partial charge in [0.05, 0.1) is 9.21 Å². The van der Waals surface area contributed by atoms with E-state index in [1.54, 1.807) is 11.3 Å². The van der Waals surface area contributed by atoms with Crippen molar-refractivity contribution >= 4 is 34.9 Å². The van der Waals surface area contributed by atoms with Gasteiger partial charge in [-0.2, -0.15) is 0 Å². The normalized spacial score (nSPS) is 20.4. The second-order valence-electron chi connectivity index (χ2n) is 6.98. The summed E-state index contributed by atoms with van der Waals surface area (Å²) < 4.78 is 0.824. The molecular formula is C20H27ClN4O2S+2. The molecule has 0 saturated carbocycles. The number of piperazine rings is 1. The van der Waals surface area contributed by atoms with Crippen molar-refractivity contribution in [2.45, 2.75) is 19.5 Å². The van der Waals surface area contributed by atoms with Crippen LogP contribution >= 0.6 is 22.9 Å². The summed E-state index contributed by atoms with van der Waals surface area (Å²) in [5, 5.41) is 5.13. The predicted molar refractivity (Wildman–Crippen MR) is 111 cm³/mol. The smallest absolute Gasteiger partial charge is 0.321 e. The molecule has 0 radical (unpaired) electrons. The van der Waals surface area contributed by atoms with E-state index < -0.39 is 6.03 Å². The molecule has 6 nitrogen and oxygen atoms in total. The highest BCUT2D eigenvalue weighted by Gasteiger charge is 2.36. The Labute approximate surface area is 174 Å². The number of rotatable bonds is 6. The number of thiophene rings is 1. The molecule has 3 rings (SSSR count). The number of benzene rings is 1. The first kappa shape index (κ1) is 20.8. The van der Waals surface area contributed by atoms with Gasteiger partial charge in [-0.3, -0.25) is 10.1 Å². The zero-order valence-electron chi connectivity index (χ0n) is 16.0. The Balaban J connectivity index is 1.66. The number of hydrogen-bond donors (Lipinski definition) is 4. The molecule has 0 aliphatic carbocycles. The quantitative estimate of drug-likeness (QED) is 0.540. The van der Waals surface area contributed by atoms with Crippen LogP contribution in [0.15, 0.2) is 42.5 Å². The molecule has 0 unspecified atom stereocenters. The van der Waals surface area contributed by atoms with Crippen LogP contribution in [0.5, 0.6) is 0 Å². The highest BCUT2D eigenvalue weighted by molar-refractivity contribution is 7.16. The zero-order valence-corrected chi connectivity index (χ0v) is 17.5. The van der Waals surface area contributed by atoms with Gasteiger partial charge in [-0.15, -0.1) is 11.3 Å². The van der Waals surface area contributed by atoms with E-state index >= 15 is 0 Å². The Morgan fingerprint density at radius 1 is 1.11 bits per heavy atom. The Kier molecular flexibility index (Phi) is 7.44. The fourth-order valence-corrected chi connectivity index (χ4v) is 4.85. The molecule has 1 atom stereocenters. The fourth-order valence-electron chi connectivity index (χ4n) is 3.69. The molecule has 1 aliphatic heterocycles. The van der Waals surface area contributed by atoms with E-state index in [0.29, 0.717) is 6.54 Å². The molecule has 2 heterocycles. The summed E-state index contributed by atoms with van der Waals surface area (Å²) in [5.41, 5.74) is 0.938. The minimum atomic E-state index is -0.438.